The second-order valence-corrected chi connectivity index (χ2v) is 4.50. The number of carbonyl (C=O) groups is 1. The summed E-state index contributed by atoms with van der Waals surface area (Å²) < 4.78 is 5.44. The summed E-state index contributed by atoms with van der Waals surface area (Å²) in [5, 5.41) is 28.3. The van der Waals surface area contributed by atoms with Crippen LogP contribution in [-0.2, 0) is 6.42 Å². The summed E-state index contributed by atoms with van der Waals surface area (Å²) in [7, 11) is 0. The molecule has 3 rings (SSSR count). The lowest BCUT2D eigenvalue weighted by Gasteiger charge is -2.07. The number of carboxylic acids is 1. The van der Waals surface area contributed by atoms with Crippen LogP contribution in [0.1, 0.15) is 34.2 Å². The zero-order valence-corrected chi connectivity index (χ0v) is 9.71. The largest absolute Gasteiger partial charge is 0.507 e. The van der Waals surface area contributed by atoms with E-state index in [0.717, 1.165) is 6.07 Å². The highest BCUT2D eigenvalue weighted by molar-refractivity contribution is 5.95. The minimum Gasteiger partial charge on any atom is -0.507 e. The Morgan fingerprint density at radius 2 is 2.11 bits per heavy atom. The monoisotopic (exact) mass is 262 g/mol. The van der Waals surface area contributed by atoms with Crippen LogP contribution in [0, 0.1) is 0 Å². The van der Waals surface area contributed by atoms with Crippen LogP contribution in [0.4, 0.5) is 0 Å². The van der Waals surface area contributed by atoms with E-state index < -0.39 is 23.3 Å². The van der Waals surface area contributed by atoms with Crippen LogP contribution in [0.3, 0.4) is 0 Å². The first kappa shape index (κ1) is 11.7. The number of fused-ring (bicyclic) bond motifs is 2. The van der Waals surface area contributed by atoms with E-state index in [9.17, 15) is 19.8 Å². The molecule has 0 bridgehead atoms. The first-order valence-electron chi connectivity index (χ1n) is 5.73. The van der Waals surface area contributed by atoms with Crippen LogP contribution in [0.5, 0.6) is 5.75 Å². The fourth-order valence-corrected chi connectivity index (χ4v) is 2.42. The molecule has 3 N–H and O–H groups in total. The molecule has 19 heavy (non-hydrogen) atoms. The molecule has 0 amide bonds. The fourth-order valence-electron chi connectivity index (χ4n) is 2.42. The number of aryl methyl sites for hydroxylation is 1. The summed E-state index contributed by atoms with van der Waals surface area (Å²) in [6, 6.07) is 2.19. The lowest BCUT2D eigenvalue weighted by Crippen LogP contribution is -2.12. The van der Waals surface area contributed by atoms with Gasteiger partial charge in [-0.05, 0) is 18.6 Å². The van der Waals surface area contributed by atoms with Crippen molar-refractivity contribution in [3.8, 4) is 5.75 Å². The van der Waals surface area contributed by atoms with Crippen LogP contribution in [-0.4, -0.2) is 21.3 Å². The van der Waals surface area contributed by atoms with Crippen molar-refractivity contribution in [2.75, 3.05) is 0 Å². The molecule has 0 radical (unpaired) electrons. The molecule has 0 aliphatic heterocycles. The van der Waals surface area contributed by atoms with E-state index in [1.807, 2.05) is 0 Å². The molecule has 1 aliphatic rings. The number of rotatable bonds is 1. The molecule has 1 aliphatic carbocycles. The van der Waals surface area contributed by atoms with Crippen LogP contribution in [0.2, 0.25) is 0 Å². The van der Waals surface area contributed by atoms with Crippen molar-refractivity contribution in [1.29, 1.82) is 0 Å². The predicted octanol–water partition coefficient (Wildman–Crippen LogP) is 1.18. The Kier molecular flexibility index (Phi) is 2.36. The lowest BCUT2D eigenvalue weighted by atomic mass is 10.1. The first-order chi connectivity index (χ1) is 8.99. The molecule has 1 aromatic heterocycles. The van der Waals surface area contributed by atoms with Gasteiger partial charge in [0.05, 0.1) is 17.2 Å². The van der Waals surface area contributed by atoms with Gasteiger partial charge >= 0.3 is 5.97 Å². The molecule has 0 unspecified atom stereocenters. The van der Waals surface area contributed by atoms with E-state index in [4.69, 9.17) is 9.52 Å². The number of phenols is 1. The smallest absolute Gasteiger partial charge is 0.335 e. The number of phenolic OH excluding ortho intramolecular Hbond substituents is 1. The van der Waals surface area contributed by atoms with Crippen LogP contribution < -0.4 is 5.43 Å². The summed E-state index contributed by atoms with van der Waals surface area (Å²) in [5.74, 6) is -1.32. The van der Waals surface area contributed by atoms with Gasteiger partial charge in [0.2, 0.25) is 5.43 Å². The zero-order valence-electron chi connectivity index (χ0n) is 9.71. The van der Waals surface area contributed by atoms with Crippen molar-refractivity contribution in [3.05, 3.63) is 39.2 Å². The molecular formula is C13H10O6. The zero-order chi connectivity index (χ0) is 13.7. The summed E-state index contributed by atoms with van der Waals surface area (Å²) >= 11 is 0. The predicted molar refractivity (Wildman–Crippen MR) is 64.4 cm³/mol. The van der Waals surface area contributed by atoms with Gasteiger partial charge < -0.3 is 19.7 Å². The van der Waals surface area contributed by atoms with E-state index >= 15 is 0 Å². The van der Waals surface area contributed by atoms with E-state index in [2.05, 4.69) is 0 Å². The SMILES string of the molecule is O=C(O)c1cc(O)c2c(=O)c3c(oc2c1)CC[C@H]3O. The molecule has 6 heteroatoms. The molecule has 1 heterocycles. The average molecular weight is 262 g/mol. The number of benzene rings is 1. The summed E-state index contributed by atoms with van der Waals surface area (Å²) in [4.78, 5) is 23.1. The Balaban J connectivity index is 2.42. The molecule has 6 nitrogen and oxygen atoms in total. The molecule has 2 aromatic rings. The standard InChI is InChI=1S/C13H10O6/c14-6-1-2-8-10(6)12(16)11-7(15)3-5(13(17)18)4-9(11)19-8/h3-4,6,14-15H,1-2H2,(H,17,18)/t6-/m1/s1. The summed E-state index contributed by atoms with van der Waals surface area (Å²) in [6.45, 7) is 0. The van der Waals surface area contributed by atoms with Gasteiger partial charge in [-0.2, -0.15) is 0 Å². The molecule has 1 atom stereocenters. The van der Waals surface area contributed by atoms with Crippen molar-refractivity contribution >= 4 is 16.9 Å². The van der Waals surface area contributed by atoms with E-state index in [1.54, 1.807) is 0 Å². The number of aromatic carboxylic acids is 1. The van der Waals surface area contributed by atoms with Gasteiger partial charge in [-0.15, -0.1) is 0 Å². The van der Waals surface area contributed by atoms with Crippen LogP contribution in [0.25, 0.3) is 11.0 Å². The van der Waals surface area contributed by atoms with E-state index in [0.29, 0.717) is 18.6 Å². The maximum Gasteiger partial charge on any atom is 0.335 e. The average Bonchev–Trinajstić information content (AvgIpc) is 2.70. The summed E-state index contributed by atoms with van der Waals surface area (Å²) in [5.41, 5.74) is -0.483. The number of hydrogen-bond donors (Lipinski definition) is 3. The van der Waals surface area contributed by atoms with Gasteiger partial charge in [0, 0.05) is 6.42 Å². The number of aromatic hydroxyl groups is 1. The molecule has 0 saturated heterocycles. The molecule has 1 aromatic carbocycles. The maximum atomic E-state index is 12.2. The number of aliphatic hydroxyl groups is 1. The van der Waals surface area contributed by atoms with Gasteiger partial charge in [0.1, 0.15) is 22.5 Å². The van der Waals surface area contributed by atoms with Gasteiger partial charge in [-0.3, -0.25) is 4.79 Å². The fraction of sp³-hybridized carbons (Fsp3) is 0.231. The normalized spacial score (nSPS) is 17.6. The quantitative estimate of drug-likeness (QED) is 0.712. The van der Waals surface area contributed by atoms with Gasteiger partial charge in [0.25, 0.3) is 0 Å². The highest BCUT2D eigenvalue weighted by atomic mass is 16.4. The van der Waals surface area contributed by atoms with Crippen molar-refractivity contribution < 1.29 is 24.5 Å². The van der Waals surface area contributed by atoms with Crippen molar-refractivity contribution in [3.63, 3.8) is 0 Å². The second kappa shape index (κ2) is 3.83. The highest BCUT2D eigenvalue weighted by Gasteiger charge is 2.28. The van der Waals surface area contributed by atoms with Gasteiger partial charge in [-0.25, -0.2) is 4.79 Å². The molecule has 0 saturated carbocycles. The highest BCUT2D eigenvalue weighted by Crippen LogP contribution is 2.33. The molecule has 98 valence electrons. The lowest BCUT2D eigenvalue weighted by molar-refractivity contribution is 0.0696. The van der Waals surface area contributed by atoms with Gasteiger partial charge in [-0.1, -0.05) is 0 Å². The van der Waals surface area contributed by atoms with Crippen molar-refractivity contribution in [1.82, 2.24) is 0 Å². The molecule has 0 spiro atoms. The molecule has 0 fully saturated rings. The van der Waals surface area contributed by atoms with Crippen LogP contribution >= 0.6 is 0 Å². The number of hydrogen-bond acceptors (Lipinski definition) is 5. The third kappa shape index (κ3) is 1.61. The first-order valence-corrected chi connectivity index (χ1v) is 5.73. The minimum atomic E-state index is -1.22. The third-order valence-corrected chi connectivity index (χ3v) is 3.31. The Hall–Kier alpha value is -2.34. The van der Waals surface area contributed by atoms with Crippen molar-refractivity contribution in [2.24, 2.45) is 0 Å². The Morgan fingerprint density at radius 1 is 1.37 bits per heavy atom. The van der Waals surface area contributed by atoms with E-state index in [1.165, 1.54) is 6.07 Å². The second-order valence-electron chi connectivity index (χ2n) is 4.50. The van der Waals surface area contributed by atoms with E-state index in [-0.39, 0.29) is 22.1 Å². The Bertz CT molecular complexity index is 758. The topological polar surface area (TPSA) is 108 Å². The molecular weight excluding hydrogens is 252 g/mol. The number of carboxylic acid groups (broad SMARTS) is 1. The number of aliphatic hydroxyl groups excluding tert-OH is 1. The minimum absolute atomic E-state index is 0.0234. The Morgan fingerprint density at radius 3 is 2.79 bits per heavy atom. The summed E-state index contributed by atoms with van der Waals surface area (Å²) in [6.07, 6.45) is -0.0920. The van der Waals surface area contributed by atoms with Crippen LogP contribution in [0.15, 0.2) is 21.3 Å². The maximum absolute atomic E-state index is 12.2. The van der Waals surface area contributed by atoms with Crippen molar-refractivity contribution in [2.45, 2.75) is 18.9 Å². The van der Waals surface area contributed by atoms with Gasteiger partial charge in [0.15, 0.2) is 0 Å². The Labute approximate surface area is 106 Å². The third-order valence-electron chi connectivity index (χ3n) is 3.31.